The van der Waals surface area contributed by atoms with Gasteiger partial charge in [0.15, 0.2) is 0 Å². The third-order valence-corrected chi connectivity index (χ3v) is 3.87. The van der Waals surface area contributed by atoms with Crippen LogP contribution in [0.25, 0.3) is 0 Å². The molecule has 2 rings (SSSR count). The second-order valence-electron chi connectivity index (χ2n) is 7.02. The molecule has 0 aromatic heterocycles. The summed E-state index contributed by atoms with van der Waals surface area (Å²) in [6.07, 6.45) is 1.43. The van der Waals surface area contributed by atoms with Crippen molar-refractivity contribution in [2.24, 2.45) is 0 Å². The Bertz CT molecular complexity index is 639. The molecule has 0 aliphatic carbocycles. The summed E-state index contributed by atoms with van der Waals surface area (Å²) in [5.41, 5.74) is 6.13. The van der Waals surface area contributed by atoms with Gasteiger partial charge in [-0.2, -0.15) is 0 Å². The van der Waals surface area contributed by atoms with E-state index in [-0.39, 0.29) is 12.1 Å². The lowest BCUT2D eigenvalue weighted by Crippen LogP contribution is -2.42. The van der Waals surface area contributed by atoms with Crippen LogP contribution in [0.5, 0.6) is 5.75 Å². The van der Waals surface area contributed by atoms with E-state index in [1.165, 1.54) is 13.2 Å². The molecule has 0 radical (unpaired) electrons. The molecule has 7 heteroatoms. The van der Waals surface area contributed by atoms with E-state index in [0.29, 0.717) is 30.2 Å². The first-order valence-corrected chi connectivity index (χ1v) is 8.31. The van der Waals surface area contributed by atoms with Crippen LogP contribution < -0.4 is 10.5 Å². The van der Waals surface area contributed by atoms with E-state index >= 15 is 0 Å². The van der Waals surface area contributed by atoms with Crippen LogP contribution in [0.1, 0.15) is 44.0 Å². The van der Waals surface area contributed by atoms with E-state index in [1.807, 2.05) is 20.8 Å². The molecule has 0 saturated carbocycles. The highest BCUT2D eigenvalue weighted by atomic mass is 16.6. The predicted molar refractivity (Wildman–Crippen MR) is 93.7 cm³/mol. The number of carbonyl (C=O) groups is 2. The molecule has 1 heterocycles. The lowest BCUT2D eigenvalue weighted by atomic mass is 10.2. The molecule has 1 fully saturated rings. The van der Waals surface area contributed by atoms with Gasteiger partial charge in [0.25, 0.3) is 0 Å². The minimum atomic E-state index is -0.529. The van der Waals surface area contributed by atoms with E-state index in [1.54, 1.807) is 17.0 Å². The minimum Gasteiger partial charge on any atom is -0.489 e. The molecule has 25 heavy (non-hydrogen) atoms. The fraction of sp³-hybridized carbons (Fsp3) is 0.556. The SMILES string of the molecule is COC(=O)c1ccc(OC[C@@H]2CCCN2C(=O)OC(C)(C)C)c(N)c1. The Morgan fingerprint density at radius 1 is 1.32 bits per heavy atom. The first-order chi connectivity index (χ1) is 11.7. The van der Waals surface area contributed by atoms with Gasteiger partial charge in [0.05, 0.1) is 24.4 Å². The largest absolute Gasteiger partial charge is 0.489 e. The summed E-state index contributed by atoms with van der Waals surface area (Å²) in [5, 5.41) is 0. The molecule has 1 amide bonds. The Hall–Kier alpha value is -2.44. The van der Waals surface area contributed by atoms with Gasteiger partial charge in [-0.15, -0.1) is 0 Å². The molecule has 1 aromatic carbocycles. The zero-order valence-corrected chi connectivity index (χ0v) is 15.2. The Balaban J connectivity index is 1.98. The van der Waals surface area contributed by atoms with Crippen LogP contribution in [-0.4, -0.2) is 48.9 Å². The van der Waals surface area contributed by atoms with Crippen molar-refractivity contribution >= 4 is 17.7 Å². The Morgan fingerprint density at radius 2 is 2.04 bits per heavy atom. The monoisotopic (exact) mass is 350 g/mol. The smallest absolute Gasteiger partial charge is 0.410 e. The first-order valence-electron chi connectivity index (χ1n) is 8.31. The molecule has 2 N–H and O–H groups in total. The summed E-state index contributed by atoms with van der Waals surface area (Å²) in [6.45, 7) is 6.50. The number of nitrogen functional groups attached to an aromatic ring is 1. The number of carbonyl (C=O) groups excluding carboxylic acids is 2. The molecular weight excluding hydrogens is 324 g/mol. The highest BCUT2D eigenvalue weighted by Crippen LogP contribution is 2.26. The average Bonchev–Trinajstić information content (AvgIpc) is 3.00. The molecule has 0 unspecified atom stereocenters. The van der Waals surface area contributed by atoms with Gasteiger partial charge in [-0.1, -0.05) is 0 Å². The zero-order chi connectivity index (χ0) is 18.6. The van der Waals surface area contributed by atoms with E-state index in [0.717, 1.165) is 12.8 Å². The van der Waals surface area contributed by atoms with Gasteiger partial charge in [0, 0.05) is 6.54 Å². The number of rotatable bonds is 4. The van der Waals surface area contributed by atoms with Crippen molar-refractivity contribution in [2.75, 3.05) is 26.0 Å². The van der Waals surface area contributed by atoms with Crippen molar-refractivity contribution in [2.45, 2.75) is 45.3 Å². The zero-order valence-electron chi connectivity index (χ0n) is 15.2. The van der Waals surface area contributed by atoms with Gasteiger partial charge in [-0.25, -0.2) is 9.59 Å². The van der Waals surface area contributed by atoms with Crippen molar-refractivity contribution in [3.8, 4) is 5.75 Å². The second-order valence-corrected chi connectivity index (χ2v) is 7.02. The number of esters is 1. The average molecular weight is 350 g/mol. The maximum Gasteiger partial charge on any atom is 0.410 e. The molecule has 1 atom stereocenters. The molecular formula is C18H26N2O5. The lowest BCUT2D eigenvalue weighted by Gasteiger charge is -2.28. The van der Waals surface area contributed by atoms with E-state index in [4.69, 9.17) is 15.2 Å². The van der Waals surface area contributed by atoms with E-state index in [2.05, 4.69) is 4.74 Å². The third-order valence-electron chi connectivity index (χ3n) is 3.87. The number of hydrogen-bond acceptors (Lipinski definition) is 6. The van der Waals surface area contributed by atoms with Gasteiger partial charge >= 0.3 is 12.1 Å². The number of amides is 1. The van der Waals surface area contributed by atoms with Crippen LogP contribution in [0.15, 0.2) is 18.2 Å². The highest BCUT2D eigenvalue weighted by Gasteiger charge is 2.32. The summed E-state index contributed by atoms with van der Waals surface area (Å²) in [4.78, 5) is 25.5. The van der Waals surface area contributed by atoms with Crippen molar-refractivity contribution in [3.63, 3.8) is 0 Å². The molecule has 0 spiro atoms. The predicted octanol–water partition coefficient (Wildman–Crippen LogP) is 2.83. The van der Waals surface area contributed by atoms with Crippen LogP contribution in [0.3, 0.4) is 0 Å². The minimum absolute atomic E-state index is 0.0606. The number of benzene rings is 1. The van der Waals surface area contributed by atoms with Gasteiger partial charge < -0.3 is 24.8 Å². The van der Waals surface area contributed by atoms with Crippen LogP contribution >= 0.6 is 0 Å². The molecule has 1 aromatic rings. The number of nitrogens with zero attached hydrogens (tertiary/aromatic N) is 1. The van der Waals surface area contributed by atoms with Gasteiger partial charge in [0.1, 0.15) is 18.0 Å². The van der Waals surface area contributed by atoms with E-state index < -0.39 is 11.6 Å². The Kier molecular flexibility index (Phi) is 5.77. The number of nitrogens with two attached hydrogens (primary N) is 1. The van der Waals surface area contributed by atoms with E-state index in [9.17, 15) is 9.59 Å². The molecule has 1 saturated heterocycles. The summed E-state index contributed by atoms with van der Waals surface area (Å²) >= 11 is 0. The molecule has 7 nitrogen and oxygen atoms in total. The summed E-state index contributed by atoms with van der Waals surface area (Å²) in [7, 11) is 1.31. The third kappa shape index (κ3) is 5.01. The van der Waals surface area contributed by atoms with Gasteiger partial charge in [-0.05, 0) is 51.8 Å². The molecule has 138 valence electrons. The first kappa shape index (κ1) is 18.9. The maximum atomic E-state index is 12.3. The summed E-state index contributed by atoms with van der Waals surface area (Å²) in [6, 6.07) is 4.68. The normalized spacial score (nSPS) is 17.3. The number of ether oxygens (including phenoxy) is 3. The quantitative estimate of drug-likeness (QED) is 0.663. The topological polar surface area (TPSA) is 91.1 Å². The Morgan fingerprint density at radius 3 is 2.64 bits per heavy atom. The molecule has 0 bridgehead atoms. The molecule has 1 aliphatic rings. The maximum absolute atomic E-state index is 12.3. The van der Waals surface area contributed by atoms with Crippen molar-refractivity contribution < 1.29 is 23.8 Å². The Labute approximate surface area is 148 Å². The van der Waals surface area contributed by atoms with Crippen LogP contribution in [0, 0.1) is 0 Å². The van der Waals surface area contributed by atoms with Crippen molar-refractivity contribution in [3.05, 3.63) is 23.8 Å². The van der Waals surface area contributed by atoms with Gasteiger partial charge in [-0.3, -0.25) is 0 Å². The van der Waals surface area contributed by atoms with Crippen molar-refractivity contribution in [1.82, 2.24) is 4.90 Å². The second kappa shape index (κ2) is 7.63. The van der Waals surface area contributed by atoms with Gasteiger partial charge in [0.2, 0.25) is 0 Å². The lowest BCUT2D eigenvalue weighted by molar-refractivity contribution is 0.0187. The standard InChI is InChI=1S/C18H26N2O5/c1-18(2,3)25-17(22)20-9-5-6-13(20)11-24-15-8-7-12(10-14(15)19)16(21)23-4/h7-8,10,13H,5-6,9,11,19H2,1-4H3/t13-/m0/s1. The fourth-order valence-electron chi connectivity index (χ4n) is 2.68. The summed E-state index contributed by atoms with van der Waals surface area (Å²) < 4.78 is 15.9. The van der Waals surface area contributed by atoms with Crippen molar-refractivity contribution in [1.29, 1.82) is 0 Å². The fourth-order valence-corrected chi connectivity index (χ4v) is 2.68. The number of anilines is 1. The highest BCUT2D eigenvalue weighted by molar-refractivity contribution is 5.90. The number of methoxy groups -OCH3 is 1. The van der Waals surface area contributed by atoms with Crippen LogP contribution in [0.4, 0.5) is 10.5 Å². The summed E-state index contributed by atoms with van der Waals surface area (Å²) in [5.74, 6) is 0.0221. The molecule has 1 aliphatic heterocycles. The number of hydrogen-bond donors (Lipinski definition) is 1. The van der Waals surface area contributed by atoms with Crippen LogP contribution in [-0.2, 0) is 9.47 Å². The van der Waals surface area contributed by atoms with Crippen LogP contribution in [0.2, 0.25) is 0 Å². The number of likely N-dealkylation sites (tertiary alicyclic amines) is 1.